The maximum atomic E-state index is 10.9. The Labute approximate surface area is 104 Å². The van der Waals surface area contributed by atoms with E-state index in [0.717, 1.165) is 16.7 Å². The second kappa shape index (κ2) is 4.18. The van der Waals surface area contributed by atoms with Crippen molar-refractivity contribution in [3.05, 3.63) is 35.0 Å². The summed E-state index contributed by atoms with van der Waals surface area (Å²) < 4.78 is 1.53. The van der Waals surface area contributed by atoms with E-state index < -0.39 is 5.97 Å². The van der Waals surface area contributed by atoms with Gasteiger partial charge in [-0.25, -0.2) is 4.79 Å². The van der Waals surface area contributed by atoms with Crippen molar-refractivity contribution in [2.24, 2.45) is 7.05 Å². The van der Waals surface area contributed by atoms with Crippen molar-refractivity contribution in [3.63, 3.8) is 0 Å². The molecule has 1 aromatic carbocycles. The van der Waals surface area contributed by atoms with E-state index >= 15 is 0 Å². The van der Waals surface area contributed by atoms with Gasteiger partial charge in [0.1, 0.15) is 5.75 Å². The van der Waals surface area contributed by atoms with Gasteiger partial charge in [-0.1, -0.05) is 0 Å². The minimum atomic E-state index is -1.05. The lowest BCUT2D eigenvalue weighted by molar-refractivity contribution is 0.0689. The molecule has 0 fully saturated rings. The zero-order valence-electron chi connectivity index (χ0n) is 10.4. The molecule has 0 unspecified atom stereocenters. The standard InChI is InChI=1S/C13H14N2O3/c1-7-8(2)12(16)5-4-9(7)11-6-10(13(17)18)14-15(11)3/h4-6,16H,1-3H3,(H,17,18). The van der Waals surface area contributed by atoms with E-state index in [-0.39, 0.29) is 11.4 Å². The van der Waals surface area contributed by atoms with Gasteiger partial charge in [0.05, 0.1) is 5.69 Å². The van der Waals surface area contributed by atoms with E-state index in [4.69, 9.17) is 5.11 Å². The normalized spacial score (nSPS) is 10.6. The molecule has 5 heteroatoms. The molecule has 94 valence electrons. The number of benzene rings is 1. The third kappa shape index (κ3) is 1.84. The van der Waals surface area contributed by atoms with Crippen LogP contribution >= 0.6 is 0 Å². The molecule has 2 rings (SSSR count). The number of hydrogen-bond donors (Lipinski definition) is 2. The highest BCUT2D eigenvalue weighted by atomic mass is 16.4. The van der Waals surface area contributed by atoms with Gasteiger partial charge in [0.15, 0.2) is 5.69 Å². The van der Waals surface area contributed by atoms with E-state index in [1.165, 1.54) is 10.7 Å². The summed E-state index contributed by atoms with van der Waals surface area (Å²) in [7, 11) is 1.70. The lowest BCUT2D eigenvalue weighted by Gasteiger charge is -2.10. The van der Waals surface area contributed by atoms with Crippen LogP contribution in [-0.2, 0) is 7.05 Å². The van der Waals surface area contributed by atoms with Crippen LogP contribution in [0.3, 0.4) is 0 Å². The molecule has 0 aliphatic heterocycles. The van der Waals surface area contributed by atoms with Gasteiger partial charge in [-0.3, -0.25) is 4.68 Å². The largest absolute Gasteiger partial charge is 0.508 e. The molecule has 0 bridgehead atoms. The first-order chi connectivity index (χ1) is 8.41. The summed E-state index contributed by atoms with van der Waals surface area (Å²) in [5, 5.41) is 22.5. The van der Waals surface area contributed by atoms with Crippen LogP contribution in [0.5, 0.6) is 5.75 Å². The minimum absolute atomic E-state index is 0.0117. The Hall–Kier alpha value is -2.30. The summed E-state index contributed by atoms with van der Waals surface area (Å²) in [5.41, 5.74) is 3.29. The number of carboxylic acids is 1. The number of phenols is 1. The fourth-order valence-corrected chi connectivity index (χ4v) is 1.91. The monoisotopic (exact) mass is 246 g/mol. The topological polar surface area (TPSA) is 75.3 Å². The van der Waals surface area contributed by atoms with Crippen molar-refractivity contribution in [3.8, 4) is 17.0 Å². The van der Waals surface area contributed by atoms with Crippen molar-refractivity contribution in [2.45, 2.75) is 13.8 Å². The molecule has 5 nitrogen and oxygen atoms in total. The fourth-order valence-electron chi connectivity index (χ4n) is 1.91. The molecule has 0 saturated heterocycles. The van der Waals surface area contributed by atoms with Crippen LogP contribution in [0.4, 0.5) is 0 Å². The lowest BCUT2D eigenvalue weighted by Crippen LogP contribution is -1.99. The fraction of sp³-hybridized carbons (Fsp3) is 0.231. The zero-order chi connectivity index (χ0) is 13.4. The Balaban J connectivity index is 2.62. The molecule has 0 aliphatic carbocycles. The summed E-state index contributed by atoms with van der Waals surface area (Å²) in [5.74, 6) is -0.818. The van der Waals surface area contributed by atoms with Crippen molar-refractivity contribution in [2.75, 3.05) is 0 Å². The Morgan fingerprint density at radius 3 is 2.50 bits per heavy atom. The van der Waals surface area contributed by atoms with Gasteiger partial charge in [0.2, 0.25) is 0 Å². The van der Waals surface area contributed by atoms with Gasteiger partial charge in [0.25, 0.3) is 0 Å². The number of aromatic nitrogens is 2. The number of phenolic OH excluding ortho intramolecular Hbond substituents is 1. The SMILES string of the molecule is Cc1c(O)ccc(-c2cc(C(=O)O)nn2C)c1C. The van der Waals surface area contributed by atoms with Gasteiger partial charge >= 0.3 is 5.97 Å². The lowest BCUT2D eigenvalue weighted by atomic mass is 10.00. The Bertz CT molecular complexity index is 629. The smallest absolute Gasteiger partial charge is 0.356 e. The number of aromatic hydroxyl groups is 1. The molecule has 0 aliphatic rings. The predicted molar refractivity (Wildman–Crippen MR) is 66.7 cm³/mol. The van der Waals surface area contributed by atoms with Crippen LogP contribution in [0.1, 0.15) is 21.6 Å². The van der Waals surface area contributed by atoms with Gasteiger partial charge in [0, 0.05) is 12.6 Å². The average Bonchev–Trinajstić information content (AvgIpc) is 2.69. The molecule has 0 saturated carbocycles. The van der Waals surface area contributed by atoms with Gasteiger partial charge < -0.3 is 10.2 Å². The van der Waals surface area contributed by atoms with Crippen molar-refractivity contribution >= 4 is 5.97 Å². The van der Waals surface area contributed by atoms with Crippen LogP contribution < -0.4 is 0 Å². The first-order valence-electron chi connectivity index (χ1n) is 5.48. The highest BCUT2D eigenvalue weighted by Crippen LogP contribution is 2.30. The van der Waals surface area contributed by atoms with E-state index in [9.17, 15) is 9.90 Å². The molecule has 0 spiro atoms. The minimum Gasteiger partial charge on any atom is -0.508 e. The second-order valence-corrected chi connectivity index (χ2v) is 4.23. The summed E-state index contributed by atoms with van der Waals surface area (Å²) >= 11 is 0. The van der Waals surface area contributed by atoms with Crippen molar-refractivity contribution in [1.29, 1.82) is 0 Å². The van der Waals surface area contributed by atoms with Crippen LogP contribution in [0, 0.1) is 13.8 Å². The third-order valence-electron chi connectivity index (χ3n) is 3.13. The molecule has 0 atom stereocenters. The van der Waals surface area contributed by atoms with E-state index in [0.29, 0.717) is 5.69 Å². The number of rotatable bonds is 2. The van der Waals surface area contributed by atoms with E-state index in [1.807, 2.05) is 13.8 Å². The average molecular weight is 246 g/mol. The molecule has 1 heterocycles. The number of carbonyl (C=O) groups is 1. The number of aryl methyl sites for hydroxylation is 1. The molecule has 2 N–H and O–H groups in total. The van der Waals surface area contributed by atoms with Gasteiger partial charge in [-0.05, 0) is 43.2 Å². The highest BCUT2D eigenvalue weighted by Gasteiger charge is 2.15. The van der Waals surface area contributed by atoms with E-state index in [2.05, 4.69) is 5.10 Å². The molecule has 0 amide bonds. The Morgan fingerprint density at radius 1 is 1.28 bits per heavy atom. The number of carboxylic acid groups (broad SMARTS) is 1. The van der Waals surface area contributed by atoms with Crippen molar-refractivity contribution in [1.82, 2.24) is 9.78 Å². The zero-order valence-corrected chi connectivity index (χ0v) is 10.4. The van der Waals surface area contributed by atoms with Gasteiger partial charge in [-0.15, -0.1) is 0 Å². The summed E-state index contributed by atoms with van der Waals surface area (Å²) in [6.45, 7) is 3.71. The van der Waals surface area contributed by atoms with Gasteiger partial charge in [-0.2, -0.15) is 5.10 Å². The molecule has 2 aromatic rings. The highest BCUT2D eigenvalue weighted by molar-refractivity contribution is 5.87. The first-order valence-corrected chi connectivity index (χ1v) is 5.48. The molecule has 0 radical (unpaired) electrons. The van der Waals surface area contributed by atoms with E-state index in [1.54, 1.807) is 19.2 Å². The summed E-state index contributed by atoms with van der Waals surface area (Å²) in [6.07, 6.45) is 0. The number of aromatic carboxylic acids is 1. The first kappa shape index (κ1) is 12.2. The third-order valence-corrected chi connectivity index (χ3v) is 3.13. The van der Waals surface area contributed by atoms with Crippen LogP contribution in [0.15, 0.2) is 18.2 Å². The van der Waals surface area contributed by atoms with Crippen molar-refractivity contribution < 1.29 is 15.0 Å². The molecule has 18 heavy (non-hydrogen) atoms. The van der Waals surface area contributed by atoms with Crippen LogP contribution in [-0.4, -0.2) is 26.0 Å². The quantitative estimate of drug-likeness (QED) is 0.851. The number of hydrogen-bond acceptors (Lipinski definition) is 3. The summed E-state index contributed by atoms with van der Waals surface area (Å²) in [6, 6.07) is 4.90. The predicted octanol–water partition coefficient (Wildman–Crippen LogP) is 2.11. The molecule has 1 aromatic heterocycles. The number of nitrogens with zero attached hydrogens (tertiary/aromatic N) is 2. The van der Waals surface area contributed by atoms with Crippen LogP contribution in [0.2, 0.25) is 0 Å². The second-order valence-electron chi connectivity index (χ2n) is 4.23. The van der Waals surface area contributed by atoms with Crippen LogP contribution in [0.25, 0.3) is 11.3 Å². The molecular weight excluding hydrogens is 232 g/mol. The Morgan fingerprint density at radius 2 is 1.94 bits per heavy atom. The molecular formula is C13H14N2O3. The maximum Gasteiger partial charge on any atom is 0.356 e. The Kier molecular flexibility index (Phi) is 2.82. The maximum absolute atomic E-state index is 10.9. The summed E-state index contributed by atoms with van der Waals surface area (Å²) in [4.78, 5) is 10.9.